The van der Waals surface area contributed by atoms with E-state index < -0.39 is 6.10 Å². The summed E-state index contributed by atoms with van der Waals surface area (Å²) in [5.74, 6) is 1.54. The zero-order chi connectivity index (χ0) is 24.6. The molecule has 0 aliphatic heterocycles. The summed E-state index contributed by atoms with van der Waals surface area (Å²) >= 11 is 0. The van der Waals surface area contributed by atoms with E-state index in [1.165, 1.54) is 12.1 Å². The quantitative estimate of drug-likeness (QED) is 0.257. The molecule has 0 spiro atoms. The van der Waals surface area contributed by atoms with Crippen LogP contribution in [0.4, 0.5) is 4.39 Å². The molecule has 0 fully saturated rings. The standard InChI is InChI=1S/C28H30FN3O3/c1-3-4-11-23(33)18-32(19-25-12-8-17-34-25)20-26-27(21-9-6-5-7-10-21)30-31(2)28(26)35-24-15-13-22(29)14-16-24/h3,5-10,12-17,23,33H,1,4,11,18-20H2,2H3/t23-/m0/s1. The van der Waals surface area contributed by atoms with Crippen LogP contribution in [0.1, 0.15) is 24.2 Å². The Morgan fingerprint density at radius 2 is 1.89 bits per heavy atom. The number of aromatic nitrogens is 2. The van der Waals surface area contributed by atoms with E-state index in [1.807, 2.05) is 55.6 Å². The first-order chi connectivity index (χ1) is 17.0. The Morgan fingerprint density at radius 1 is 1.11 bits per heavy atom. The monoisotopic (exact) mass is 475 g/mol. The molecule has 0 radical (unpaired) electrons. The van der Waals surface area contributed by atoms with Crippen LogP contribution in [0.25, 0.3) is 11.3 Å². The Kier molecular flexibility index (Phi) is 8.13. The molecule has 182 valence electrons. The van der Waals surface area contributed by atoms with Gasteiger partial charge < -0.3 is 14.3 Å². The molecular formula is C28H30FN3O3. The van der Waals surface area contributed by atoms with Crippen molar-refractivity contribution in [1.82, 2.24) is 14.7 Å². The number of halogens is 1. The molecule has 35 heavy (non-hydrogen) atoms. The molecule has 2 heterocycles. The minimum absolute atomic E-state index is 0.328. The van der Waals surface area contributed by atoms with E-state index in [9.17, 15) is 9.50 Å². The van der Waals surface area contributed by atoms with Gasteiger partial charge in [-0.3, -0.25) is 4.90 Å². The van der Waals surface area contributed by atoms with Crippen molar-refractivity contribution in [3.05, 3.63) is 103 Å². The first kappa shape index (κ1) is 24.4. The topological polar surface area (TPSA) is 63.7 Å². The number of aryl methyl sites for hydroxylation is 1. The maximum atomic E-state index is 13.5. The molecule has 2 aromatic carbocycles. The van der Waals surface area contributed by atoms with E-state index in [4.69, 9.17) is 14.3 Å². The highest BCUT2D eigenvalue weighted by atomic mass is 19.1. The zero-order valence-corrected chi connectivity index (χ0v) is 19.8. The largest absolute Gasteiger partial charge is 0.468 e. The normalized spacial score (nSPS) is 12.1. The summed E-state index contributed by atoms with van der Waals surface area (Å²) < 4.78 is 27.0. The third kappa shape index (κ3) is 6.47. The molecule has 4 aromatic rings. The summed E-state index contributed by atoms with van der Waals surface area (Å²) in [6, 6.07) is 19.6. The van der Waals surface area contributed by atoms with Crippen LogP contribution in [0.2, 0.25) is 0 Å². The van der Waals surface area contributed by atoms with Gasteiger partial charge in [0, 0.05) is 25.7 Å². The van der Waals surface area contributed by atoms with Crippen LogP contribution in [0.3, 0.4) is 0 Å². The van der Waals surface area contributed by atoms with E-state index in [0.717, 1.165) is 29.0 Å². The van der Waals surface area contributed by atoms with Gasteiger partial charge in [0.1, 0.15) is 23.0 Å². The van der Waals surface area contributed by atoms with Crippen molar-refractivity contribution in [3.63, 3.8) is 0 Å². The van der Waals surface area contributed by atoms with Gasteiger partial charge in [0.2, 0.25) is 5.88 Å². The highest BCUT2D eigenvalue weighted by Crippen LogP contribution is 2.34. The zero-order valence-electron chi connectivity index (χ0n) is 19.8. The molecule has 2 aromatic heterocycles. The van der Waals surface area contributed by atoms with Gasteiger partial charge in [-0.1, -0.05) is 36.4 Å². The van der Waals surface area contributed by atoms with Crippen molar-refractivity contribution >= 4 is 0 Å². The molecule has 0 aliphatic rings. The van der Waals surface area contributed by atoms with Gasteiger partial charge in [0.25, 0.3) is 0 Å². The number of hydrogen-bond acceptors (Lipinski definition) is 5. The van der Waals surface area contributed by atoms with E-state index in [-0.39, 0.29) is 5.82 Å². The third-order valence-electron chi connectivity index (χ3n) is 5.68. The van der Waals surface area contributed by atoms with Crippen LogP contribution >= 0.6 is 0 Å². The first-order valence-corrected chi connectivity index (χ1v) is 11.6. The maximum Gasteiger partial charge on any atom is 0.222 e. The number of ether oxygens (including phenoxy) is 1. The van der Waals surface area contributed by atoms with E-state index >= 15 is 0 Å². The second kappa shape index (κ2) is 11.6. The molecule has 6 nitrogen and oxygen atoms in total. The highest BCUT2D eigenvalue weighted by Gasteiger charge is 2.24. The van der Waals surface area contributed by atoms with Gasteiger partial charge in [-0.25, -0.2) is 9.07 Å². The lowest BCUT2D eigenvalue weighted by atomic mass is 10.1. The molecule has 4 rings (SSSR count). The molecule has 0 bridgehead atoms. The Labute approximate surface area is 204 Å². The lowest BCUT2D eigenvalue weighted by Gasteiger charge is -2.24. The van der Waals surface area contributed by atoms with Gasteiger partial charge in [-0.2, -0.15) is 5.10 Å². The summed E-state index contributed by atoms with van der Waals surface area (Å²) in [7, 11) is 1.82. The summed E-state index contributed by atoms with van der Waals surface area (Å²) in [5, 5.41) is 15.4. The summed E-state index contributed by atoms with van der Waals surface area (Å²) in [5.41, 5.74) is 2.61. The van der Waals surface area contributed by atoms with Crippen molar-refractivity contribution in [2.75, 3.05) is 6.54 Å². The predicted molar refractivity (Wildman–Crippen MR) is 133 cm³/mol. The molecule has 1 atom stereocenters. The van der Waals surface area contributed by atoms with E-state index in [0.29, 0.717) is 37.7 Å². The van der Waals surface area contributed by atoms with Crippen molar-refractivity contribution in [3.8, 4) is 22.9 Å². The van der Waals surface area contributed by atoms with Crippen LogP contribution in [0.15, 0.2) is 90.1 Å². The number of rotatable bonds is 12. The predicted octanol–water partition coefficient (Wildman–Crippen LogP) is 5.94. The summed E-state index contributed by atoms with van der Waals surface area (Å²) in [6.07, 6.45) is 4.28. The van der Waals surface area contributed by atoms with Crippen molar-refractivity contribution in [2.24, 2.45) is 7.05 Å². The number of hydrogen-bond donors (Lipinski definition) is 1. The number of allylic oxidation sites excluding steroid dienone is 1. The second-order valence-electron chi connectivity index (χ2n) is 8.45. The van der Waals surface area contributed by atoms with Crippen LogP contribution in [-0.4, -0.2) is 32.4 Å². The van der Waals surface area contributed by atoms with Gasteiger partial charge in [-0.05, 0) is 49.2 Å². The third-order valence-corrected chi connectivity index (χ3v) is 5.68. The molecule has 0 amide bonds. The van der Waals surface area contributed by atoms with E-state index in [1.54, 1.807) is 23.1 Å². The van der Waals surface area contributed by atoms with Crippen LogP contribution in [0.5, 0.6) is 11.6 Å². The molecule has 0 saturated heterocycles. The molecule has 1 N–H and O–H groups in total. The van der Waals surface area contributed by atoms with Crippen LogP contribution in [0, 0.1) is 5.82 Å². The maximum absolute atomic E-state index is 13.5. The Balaban J connectivity index is 1.70. The Morgan fingerprint density at radius 3 is 2.57 bits per heavy atom. The second-order valence-corrected chi connectivity index (χ2v) is 8.45. The lowest BCUT2D eigenvalue weighted by Crippen LogP contribution is -2.31. The summed E-state index contributed by atoms with van der Waals surface area (Å²) in [6.45, 7) is 5.16. The number of nitrogens with zero attached hydrogens (tertiary/aromatic N) is 3. The van der Waals surface area contributed by atoms with Crippen molar-refractivity contribution < 1.29 is 18.7 Å². The summed E-state index contributed by atoms with van der Waals surface area (Å²) in [4.78, 5) is 2.12. The highest BCUT2D eigenvalue weighted by molar-refractivity contribution is 5.65. The molecule has 7 heteroatoms. The Hall–Kier alpha value is -3.68. The molecular weight excluding hydrogens is 445 g/mol. The number of aliphatic hydroxyl groups is 1. The molecule has 0 aliphatic carbocycles. The minimum Gasteiger partial charge on any atom is -0.468 e. The number of benzene rings is 2. The lowest BCUT2D eigenvalue weighted by molar-refractivity contribution is 0.0941. The van der Waals surface area contributed by atoms with Crippen LogP contribution < -0.4 is 4.74 Å². The number of furan rings is 1. The van der Waals surface area contributed by atoms with Crippen LogP contribution in [-0.2, 0) is 20.1 Å². The molecule has 0 saturated carbocycles. The fourth-order valence-electron chi connectivity index (χ4n) is 4.00. The Bertz CT molecular complexity index is 1200. The first-order valence-electron chi connectivity index (χ1n) is 11.6. The SMILES string of the molecule is C=CCC[C@H](O)CN(Cc1ccco1)Cc1c(-c2ccccc2)nn(C)c1Oc1ccc(F)cc1. The fourth-order valence-corrected chi connectivity index (χ4v) is 4.00. The minimum atomic E-state index is -0.527. The smallest absolute Gasteiger partial charge is 0.222 e. The molecule has 0 unspecified atom stereocenters. The number of aliphatic hydroxyl groups excluding tert-OH is 1. The van der Waals surface area contributed by atoms with E-state index in [2.05, 4.69) is 11.5 Å². The van der Waals surface area contributed by atoms with Crippen molar-refractivity contribution in [1.29, 1.82) is 0 Å². The van der Waals surface area contributed by atoms with Crippen molar-refractivity contribution in [2.45, 2.75) is 32.0 Å². The average molecular weight is 476 g/mol. The van der Waals surface area contributed by atoms with Gasteiger partial charge in [0.05, 0.1) is 24.5 Å². The van der Waals surface area contributed by atoms with Gasteiger partial charge >= 0.3 is 0 Å². The average Bonchev–Trinajstić information content (AvgIpc) is 3.48. The van der Waals surface area contributed by atoms with Gasteiger partial charge in [0.15, 0.2) is 0 Å². The fraction of sp³-hybridized carbons (Fsp3) is 0.250. The van der Waals surface area contributed by atoms with Gasteiger partial charge in [-0.15, -0.1) is 6.58 Å².